The molecule has 0 saturated carbocycles. The number of amides is 2. The van der Waals surface area contributed by atoms with Crippen molar-refractivity contribution in [1.82, 2.24) is 24.0 Å². The van der Waals surface area contributed by atoms with Crippen molar-refractivity contribution >= 4 is 29.3 Å². The quantitative estimate of drug-likeness (QED) is 0.684. The molecule has 130 valence electrons. The molecular weight excluding hydrogens is 348 g/mol. The molecule has 2 aromatic heterocycles. The number of carbonyl (C=O) groups is 1. The van der Waals surface area contributed by atoms with Crippen LogP contribution in [0.1, 0.15) is 12.5 Å². The summed E-state index contributed by atoms with van der Waals surface area (Å²) in [6.45, 7) is 1.75. The summed E-state index contributed by atoms with van der Waals surface area (Å²) in [6, 6.07) is 4.38. The van der Waals surface area contributed by atoms with Crippen molar-refractivity contribution in [2.45, 2.75) is 19.4 Å². The minimum atomic E-state index is -0.636. The van der Waals surface area contributed by atoms with Gasteiger partial charge in [0.25, 0.3) is 0 Å². The number of nitrogens with zero attached hydrogens (tertiary/aromatic N) is 3. The topological polar surface area (TPSA) is 71.8 Å². The monoisotopic (exact) mass is 363 g/mol. The molecule has 0 bridgehead atoms. The summed E-state index contributed by atoms with van der Waals surface area (Å²) in [6.07, 6.45) is 5.22. The molecule has 2 heterocycles. The fourth-order valence-corrected chi connectivity index (χ4v) is 2.98. The van der Waals surface area contributed by atoms with E-state index in [0.717, 1.165) is 23.7 Å². The van der Waals surface area contributed by atoms with Gasteiger partial charge in [0.15, 0.2) is 5.65 Å². The molecule has 1 atom stereocenters. The third-order valence-electron chi connectivity index (χ3n) is 3.36. The van der Waals surface area contributed by atoms with E-state index < -0.39 is 17.7 Å². The SMILES string of the molecule is CC(Cc1cc(F)cc(F)c1)NC(=O)NSn1ccc2nccnc21. The lowest BCUT2D eigenvalue weighted by molar-refractivity contribution is 0.243. The van der Waals surface area contributed by atoms with Crippen molar-refractivity contribution in [3.8, 4) is 0 Å². The lowest BCUT2D eigenvalue weighted by atomic mass is 10.1. The molecule has 0 saturated heterocycles. The molecule has 3 aromatic rings. The molecule has 0 aliphatic carbocycles. The highest BCUT2D eigenvalue weighted by molar-refractivity contribution is 7.96. The second-order valence-electron chi connectivity index (χ2n) is 5.46. The summed E-state index contributed by atoms with van der Waals surface area (Å²) in [4.78, 5) is 20.3. The number of hydrogen-bond donors (Lipinski definition) is 2. The van der Waals surface area contributed by atoms with Crippen LogP contribution in [0.25, 0.3) is 11.2 Å². The standard InChI is InChI=1S/C16H15F2N5OS/c1-10(6-11-7-12(17)9-13(18)8-11)21-16(24)22-25-23-5-2-14-15(23)20-4-3-19-14/h2-5,7-10H,6H2,1H3,(H2,21,22,24). The number of hydrogen-bond acceptors (Lipinski definition) is 4. The number of aromatic nitrogens is 3. The van der Waals surface area contributed by atoms with Crippen LogP contribution < -0.4 is 10.0 Å². The highest BCUT2D eigenvalue weighted by Crippen LogP contribution is 2.14. The Morgan fingerprint density at radius 3 is 2.72 bits per heavy atom. The molecule has 1 unspecified atom stereocenters. The van der Waals surface area contributed by atoms with Gasteiger partial charge in [-0.15, -0.1) is 0 Å². The number of nitrogens with one attached hydrogen (secondary N) is 2. The van der Waals surface area contributed by atoms with Crippen molar-refractivity contribution in [3.05, 3.63) is 60.1 Å². The van der Waals surface area contributed by atoms with E-state index in [2.05, 4.69) is 20.0 Å². The molecule has 0 aliphatic rings. The Morgan fingerprint density at radius 1 is 1.24 bits per heavy atom. The lowest BCUT2D eigenvalue weighted by Crippen LogP contribution is -2.39. The van der Waals surface area contributed by atoms with Gasteiger partial charge < -0.3 is 5.32 Å². The first kappa shape index (κ1) is 17.2. The zero-order valence-corrected chi connectivity index (χ0v) is 14.1. The average Bonchev–Trinajstić information content (AvgIpc) is 2.95. The molecular formula is C16H15F2N5OS. The fourth-order valence-electron chi connectivity index (χ4n) is 2.39. The Labute approximate surface area is 146 Å². The van der Waals surface area contributed by atoms with Crippen molar-refractivity contribution in [2.24, 2.45) is 0 Å². The van der Waals surface area contributed by atoms with Crippen LogP contribution in [-0.2, 0) is 6.42 Å². The van der Waals surface area contributed by atoms with Crippen molar-refractivity contribution in [3.63, 3.8) is 0 Å². The van der Waals surface area contributed by atoms with Crippen LogP contribution in [0.2, 0.25) is 0 Å². The van der Waals surface area contributed by atoms with E-state index in [9.17, 15) is 13.6 Å². The number of urea groups is 1. The van der Waals surface area contributed by atoms with Gasteiger partial charge in [-0.25, -0.2) is 18.6 Å². The second kappa shape index (κ2) is 7.47. The molecule has 25 heavy (non-hydrogen) atoms. The Hall–Kier alpha value is -2.68. The maximum atomic E-state index is 13.2. The predicted octanol–water partition coefficient (Wildman–Crippen LogP) is 3.05. The summed E-state index contributed by atoms with van der Waals surface area (Å²) in [7, 11) is 0. The fraction of sp³-hybridized carbons (Fsp3) is 0.188. The maximum absolute atomic E-state index is 13.2. The summed E-state index contributed by atoms with van der Waals surface area (Å²) in [5, 5.41) is 2.71. The summed E-state index contributed by atoms with van der Waals surface area (Å²) in [5.41, 5.74) is 1.83. The first-order chi connectivity index (χ1) is 12.0. The largest absolute Gasteiger partial charge is 0.335 e. The first-order valence-corrected chi connectivity index (χ1v) is 8.25. The van der Waals surface area contributed by atoms with E-state index in [0.29, 0.717) is 17.6 Å². The molecule has 3 rings (SSSR count). The van der Waals surface area contributed by atoms with Crippen molar-refractivity contribution in [1.29, 1.82) is 0 Å². The van der Waals surface area contributed by atoms with Gasteiger partial charge in [0, 0.05) is 30.7 Å². The molecule has 6 nitrogen and oxygen atoms in total. The maximum Gasteiger partial charge on any atom is 0.326 e. The molecule has 0 aliphatic heterocycles. The average molecular weight is 363 g/mol. The van der Waals surface area contributed by atoms with E-state index in [1.165, 1.54) is 12.1 Å². The van der Waals surface area contributed by atoms with Gasteiger partial charge in [0.05, 0.1) is 12.1 Å². The Bertz CT molecular complexity index is 881. The zero-order chi connectivity index (χ0) is 17.8. The van der Waals surface area contributed by atoms with Crippen LogP contribution in [0, 0.1) is 11.6 Å². The normalized spacial score (nSPS) is 12.1. The Morgan fingerprint density at radius 2 is 1.96 bits per heavy atom. The van der Waals surface area contributed by atoms with E-state index >= 15 is 0 Å². The molecule has 1 aromatic carbocycles. The highest BCUT2D eigenvalue weighted by Gasteiger charge is 2.11. The van der Waals surface area contributed by atoms with Gasteiger partial charge in [0.1, 0.15) is 17.2 Å². The number of fused-ring (bicyclic) bond motifs is 1. The van der Waals surface area contributed by atoms with Crippen molar-refractivity contribution < 1.29 is 13.6 Å². The third-order valence-corrected chi connectivity index (χ3v) is 4.13. The van der Waals surface area contributed by atoms with Crippen LogP contribution in [0.15, 0.2) is 42.9 Å². The van der Waals surface area contributed by atoms with E-state index in [4.69, 9.17) is 0 Å². The molecule has 9 heteroatoms. The minimum absolute atomic E-state index is 0.303. The van der Waals surface area contributed by atoms with Crippen LogP contribution in [0.5, 0.6) is 0 Å². The molecule has 0 spiro atoms. The first-order valence-electron chi connectivity index (χ1n) is 7.48. The lowest BCUT2D eigenvalue weighted by Gasteiger charge is -2.14. The van der Waals surface area contributed by atoms with Gasteiger partial charge in [-0.2, -0.15) is 0 Å². The van der Waals surface area contributed by atoms with Crippen LogP contribution in [0.3, 0.4) is 0 Å². The smallest absolute Gasteiger partial charge is 0.326 e. The Kier molecular flexibility index (Phi) is 5.13. The zero-order valence-electron chi connectivity index (χ0n) is 13.2. The van der Waals surface area contributed by atoms with Gasteiger partial charge in [-0.1, -0.05) is 0 Å². The predicted molar refractivity (Wildman–Crippen MR) is 91.7 cm³/mol. The van der Waals surface area contributed by atoms with E-state index in [1.54, 1.807) is 35.6 Å². The van der Waals surface area contributed by atoms with Gasteiger partial charge in [-0.05, 0) is 37.1 Å². The number of rotatable bonds is 5. The molecule has 2 amide bonds. The van der Waals surface area contributed by atoms with Gasteiger partial charge in [0.2, 0.25) is 0 Å². The molecule has 2 N–H and O–H groups in total. The second-order valence-corrected chi connectivity index (χ2v) is 6.24. The van der Waals surface area contributed by atoms with Gasteiger partial charge >= 0.3 is 6.03 Å². The van der Waals surface area contributed by atoms with E-state index in [-0.39, 0.29) is 6.04 Å². The summed E-state index contributed by atoms with van der Waals surface area (Å²) >= 11 is 1.05. The Balaban J connectivity index is 1.53. The highest BCUT2D eigenvalue weighted by atomic mass is 32.2. The number of halogens is 2. The van der Waals surface area contributed by atoms with Crippen LogP contribution >= 0.6 is 12.1 Å². The molecule has 0 fully saturated rings. The molecule has 0 radical (unpaired) electrons. The van der Waals surface area contributed by atoms with Crippen molar-refractivity contribution in [2.75, 3.05) is 0 Å². The number of benzene rings is 1. The summed E-state index contributed by atoms with van der Waals surface area (Å²) in [5.74, 6) is -1.27. The third kappa shape index (κ3) is 4.44. The van der Waals surface area contributed by atoms with E-state index in [1.807, 2.05) is 0 Å². The van der Waals surface area contributed by atoms with Gasteiger partial charge in [-0.3, -0.25) is 13.7 Å². The number of carbonyl (C=O) groups excluding carboxylic acids is 1. The van der Waals surface area contributed by atoms with Crippen LogP contribution in [-0.4, -0.2) is 26.0 Å². The minimum Gasteiger partial charge on any atom is -0.335 e. The van der Waals surface area contributed by atoms with Crippen LogP contribution in [0.4, 0.5) is 13.6 Å². The summed E-state index contributed by atoms with van der Waals surface area (Å²) < 4.78 is 30.7.